The Balaban J connectivity index is 1.24. The van der Waals surface area contributed by atoms with E-state index in [0.717, 1.165) is 6.07 Å². The molecule has 1 aromatic carbocycles. The molecule has 0 radical (unpaired) electrons. The van der Waals surface area contributed by atoms with Crippen LogP contribution in [0, 0.1) is 5.82 Å². The summed E-state index contributed by atoms with van der Waals surface area (Å²) in [5.74, 6) is -0.490. The Morgan fingerprint density at radius 3 is 2.95 bits per heavy atom. The van der Waals surface area contributed by atoms with Crippen LogP contribution in [0.5, 0.6) is 5.88 Å². The number of benzene rings is 1. The van der Waals surface area contributed by atoms with Crippen LogP contribution in [0.2, 0.25) is 5.02 Å². The fourth-order valence-corrected chi connectivity index (χ4v) is 6.54. The highest BCUT2D eigenvalue weighted by atomic mass is 35.5. The molecule has 6 atom stereocenters. The molecule has 3 aliphatic heterocycles. The Morgan fingerprint density at radius 1 is 1.35 bits per heavy atom. The van der Waals surface area contributed by atoms with Crippen LogP contribution in [0.4, 0.5) is 15.1 Å². The Bertz CT molecular complexity index is 1530. The first-order valence-corrected chi connectivity index (χ1v) is 14.1. The number of imidazole rings is 1. The van der Waals surface area contributed by atoms with Crippen molar-refractivity contribution in [3.8, 4) is 5.88 Å². The van der Waals surface area contributed by atoms with Crippen molar-refractivity contribution in [1.82, 2.24) is 19.5 Å². The minimum absolute atomic E-state index is 0.0122. The molecule has 6 rings (SSSR count). The van der Waals surface area contributed by atoms with Gasteiger partial charge in [-0.15, -0.1) is 0 Å². The van der Waals surface area contributed by atoms with E-state index in [1.165, 1.54) is 23.0 Å². The van der Waals surface area contributed by atoms with Gasteiger partial charge in [-0.25, -0.2) is 18.7 Å². The predicted octanol–water partition coefficient (Wildman–Crippen LogP) is 4.09. The summed E-state index contributed by atoms with van der Waals surface area (Å²) in [4.78, 5) is 24.9. The lowest BCUT2D eigenvalue weighted by molar-refractivity contribution is -0.0926. The van der Waals surface area contributed by atoms with Crippen LogP contribution in [0.15, 0.2) is 24.5 Å². The number of nitrogens with zero attached hydrogens (tertiary/aromatic N) is 4. The van der Waals surface area contributed by atoms with Gasteiger partial charge in [-0.3, -0.25) is 18.1 Å². The third kappa shape index (κ3) is 4.66. The number of nitrogen functional groups attached to an aromatic ring is 1. The number of ether oxygens (including phenoxy) is 4. The molecule has 2 aromatic heterocycles. The first-order valence-electron chi connectivity index (χ1n) is 12.3. The Hall–Kier alpha value is -3.07. The van der Waals surface area contributed by atoms with Gasteiger partial charge in [0.15, 0.2) is 29.1 Å². The van der Waals surface area contributed by atoms with Crippen LogP contribution < -0.4 is 10.5 Å². The van der Waals surface area contributed by atoms with Gasteiger partial charge in [0.1, 0.15) is 11.9 Å². The fraction of sp³-hybridized carbons (Fsp3) is 0.478. The van der Waals surface area contributed by atoms with Crippen LogP contribution in [0.25, 0.3) is 11.2 Å². The molecule has 0 bridgehead atoms. The van der Waals surface area contributed by atoms with E-state index in [1.54, 1.807) is 13.8 Å². The molecule has 3 saturated heterocycles. The third-order valence-corrected chi connectivity index (χ3v) is 8.47. The van der Waals surface area contributed by atoms with Gasteiger partial charge in [0, 0.05) is 17.0 Å². The molecular formula is C23H24ClFN5O9P. The largest absolute Gasteiger partial charge is 0.509 e. The summed E-state index contributed by atoms with van der Waals surface area (Å²) < 4.78 is 68.5. The molecule has 0 spiro atoms. The molecule has 6 unspecified atom stereocenters. The second kappa shape index (κ2) is 10.1. The highest BCUT2D eigenvalue weighted by Crippen LogP contribution is 2.58. The fourth-order valence-electron chi connectivity index (χ4n) is 4.99. The van der Waals surface area contributed by atoms with E-state index in [1.807, 2.05) is 0 Å². The van der Waals surface area contributed by atoms with Gasteiger partial charge in [-0.05, 0) is 26.0 Å². The van der Waals surface area contributed by atoms with Crippen molar-refractivity contribution in [3.05, 3.63) is 40.9 Å². The summed E-state index contributed by atoms with van der Waals surface area (Å²) in [5, 5.41) is 0.214. The van der Waals surface area contributed by atoms with E-state index >= 15 is 0 Å². The number of nitrogens with two attached hydrogens (primary N) is 1. The average molecular weight is 600 g/mol. The summed E-state index contributed by atoms with van der Waals surface area (Å²) in [5.41, 5.74) is 5.28. The SMILES string of the molecule is CCOc1nc(N)nc2c1ncn2C1OC(COP2(=O)OCCC(c3ccc(Cl)cc3F)O2)C2OC(=O)OC21C. The topological polar surface area (TPSA) is 168 Å². The number of hydrogen-bond donors (Lipinski definition) is 1. The van der Waals surface area contributed by atoms with E-state index in [9.17, 15) is 13.8 Å². The van der Waals surface area contributed by atoms with Crippen molar-refractivity contribution >= 4 is 42.7 Å². The van der Waals surface area contributed by atoms with Gasteiger partial charge in [0.2, 0.25) is 11.8 Å². The molecule has 214 valence electrons. The van der Waals surface area contributed by atoms with Gasteiger partial charge >= 0.3 is 14.0 Å². The number of halogens is 2. The predicted molar refractivity (Wildman–Crippen MR) is 134 cm³/mol. The maximum atomic E-state index is 14.5. The average Bonchev–Trinajstić information content (AvgIpc) is 3.52. The zero-order valence-electron chi connectivity index (χ0n) is 21.2. The molecule has 3 fully saturated rings. The minimum Gasteiger partial charge on any atom is -0.476 e. The summed E-state index contributed by atoms with van der Waals surface area (Å²) in [6.07, 6.45) is -3.11. The molecule has 2 N–H and O–H groups in total. The number of carbonyl (C=O) groups is 1. The minimum atomic E-state index is -4.17. The Kier molecular flexibility index (Phi) is 6.84. The van der Waals surface area contributed by atoms with Crippen molar-refractivity contribution in [3.63, 3.8) is 0 Å². The summed E-state index contributed by atoms with van der Waals surface area (Å²) >= 11 is 5.84. The zero-order valence-corrected chi connectivity index (χ0v) is 22.8. The van der Waals surface area contributed by atoms with Gasteiger partial charge in [-0.1, -0.05) is 17.7 Å². The smallest absolute Gasteiger partial charge is 0.476 e. The second-order valence-electron chi connectivity index (χ2n) is 9.37. The van der Waals surface area contributed by atoms with Gasteiger partial charge < -0.3 is 24.7 Å². The lowest BCUT2D eigenvalue weighted by Crippen LogP contribution is -2.42. The quantitative estimate of drug-likeness (QED) is 0.305. The molecule has 17 heteroatoms. The summed E-state index contributed by atoms with van der Waals surface area (Å²) in [7, 11) is -4.17. The molecule has 3 aliphatic rings. The third-order valence-electron chi connectivity index (χ3n) is 6.76. The molecular weight excluding hydrogens is 576 g/mol. The van der Waals surface area contributed by atoms with E-state index in [2.05, 4.69) is 15.0 Å². The monoisotopic (exact) mass is 599 g/mol. The first kappa shape index (κ1) is 27.1. The number of carbonyl (C=O) groups excluding carboxylic acids is 1. The van der Waals surface area contributed by atoms with Crippen LogP contribution >= 0.6 is 19.4 Å². The number of aromatic nitrogens is 4. The molecule has 40 heavy (non-hydrogen) atoms. The van der Waals surface area contributed by atoms with E-state index in [-0.39, 0.29) is 47.7 Å². The van der Waals surface area contributed by atoms with Gasteiger partial charge in [0.05, 0.1) is 32.3 Å². The standard InChI is InChI=1S/C23H24ClFN5O9P/c1-3-33-19-16-18(28-21(26)29-19)30(10-27-16)20-23(2)17(37-22(31)38-23)15(36-20)9-35-40(32)34-7-6-14(39-40)12-5-4-11(24)8-13(12)25/h4-5,8,10,14-15,17,20H,3,6-7,9H2,1-2H3,(H2,26,28,29). The number of hydrogen-bond acceptors (Lipinski definition) is 13. The van der Waals surface area contributed by atoms with E-state index < -0.39 is 49.9 Å². The number of fused-ring (bicyclic) bond motifs is 2. The van der Waals surface area contributed by atoms with Crippen LogP contribution in [0.3, 0.4) is 0 Å². The normalized spacial score (nSPS) is 31.6. The zero-order chi connectivity index (χ0) is 28.2. The van der Waals surface area contributed by atoms with Crippen molar-refractivity contribution in [1.29, 1.82) is 0 Å². The molecule has 5 heterocycles. The van der Waals surface area contributed by atoms with Crippen molar-refractivity contribution in [2.45, 2.75) is 50.4 Å². The summed E-state index contributed by atoms with van der Waals surface area (Å²) in [6, 6.07) is 4.09. The Labute approximate surface area is 231 Å². The molecule has 0 amide bonds. The van der Waals surface area contributed by atoms with Crippen LogP contribution in [0.1, 0.15) is 38.2 Å². The van der Waals surface area contributed by atoms with E-state index in [0.29, 0.717) is 12.1 Å². The van der Waals surface area contributed by atoms with Crippen LogP contribution in [-0.4, -0.2) is 63.3 Å². The number of anilines is 1. The van der Waals surface area contributed by atoms with Gasteiger partial charge in [0.25, 0.3) is 0 Å². The maximum Gasteiger partial charge on any atom is 0.509 e. The van der Waals surface area contributed by atoms with Crippen molar-refractivity contribution in [2.24, 2.45) is 0 Å². The summed E-state index contributed by atoms with van der Waals surface area (Å²) in [6.45, 7) is 3.32. The van der Waals surface area contributed by atoms with E-state index in [4.69, 9.17) is 49.9 Å². The lowest BCUT2D eigenvalue weighted by atomic mass is 9.96. The highest BCUT2D eigenvalue weighted by molar-refractivity contribution is 7.48. The maximum absolute atomic E-state index is 14.5. The highest BCUT2D eigenvalue weighted by Gasteiger charge is 2.64. The van der Waals surface area contributed by atoms with Crippen molar-refractivity contribution < 1.29 is 46.3 Å². The Morgan fingerprint density at radius 2 is 2.17 bits per heavy atom. The van der Waals surface area contributed by atoms with Crippen molar-refractivity contribution in [2.75, 3.05) is 25.6 Å². The molecule has 0 saturated carbocycles. The first-order chi connectivity index (χ1) is 19.1. The van der Waals surface area contributed by atoms with Gasteiger partial charge in [-0.2, -0.15) is 9.97 Å². The number of rotatable bonds is 7. The second-order valence-corrected chi connectivity index (χ2v) is 11.4. The lowest BCUT2D eigenvalue weighted by Gasteiger charge is -2.30. The van der Waals surface area contributed by atoms with Crippen LogP contribution in [-0.2, 0) is 32.3 Å². The molecule has 14 nitrogen and oxygen atoms in total. The number of phosphoric ester groups is 1. The molecule has 3 aromatic rings. The number of phosphoric acid groups is 1. The molecule has 0 aliphatic carbocycles.